The largest absolute Gasteiger partial charge is 0.479 e. The van der Waals surface area contributed by atoms with Crippen molar-refractivity contribution in [3.8, 4) is 6.07 Å². The average Bonchev–Trinajstić information content (AvgIpc) is 2.46. The highest BCUT2D eigenvalue weighted by molar-refractivity contribution is 6.38. The second-order valence-electron chi connectivity index (χ2n) is 3.43. The molecule has 0 aliphatic heterocycles. The van der Waals surface area contributed by atoms with Crippen molar-refractivity contribution in [1.29, 1.82) is 5.26 Å². The standard InChI is InChI=1S/C8H8N2.C4H4O6/c9-6-8(10)7-4-2-1-3-5-7;5-1(3(7)8)2(6)4(9)10/h1-5,8H,10H2;1,5H,(H,7,8)(H,9,10). The van der Waals surface area contributed by atoms with Crippen LogP contribution in [0.25, 0.3) is 0 Å². The highest BCUT2D eigenvalue weighted by atomic mass is 16.4. The van der Waals surface area contributed by atoms with Gasteiger partial charge in [-0.15, -0.1) is 0 Å². The van der Waals surface area contributed by atoms with Crippen LogP contribution in [0.2, 0.25) is 0 Å². The van der Waals surface area contributed by atoms with Crippen LogP contribution in [0.3, 0.4) is 0 Å². The van der Waals surface area contributed by atoms with Gasteiger partial charge in [-0.05, 0) is 5.56 Å². The molecule has 0 bridgehead atoms. The van der Waals surface area contributed by atoms with Crippen molar-refractivity contribution in [3.05, 3.63) is 35.9 Å². The van der Waals surface area contributed by atoms with E-state index >= 15 is 0 Å². The van der Waals surface area contributed by atoms with Crippen LogP contribution >= 0.6 is 0 Å². The predicted octanol–water partition coefficient (Wildman–Crippen LogP) is -0.704. The molecule has 1 aromatic rings. The van der Waals surface area contributed by atoms with Crippen molar-refractivity contribution in [2.75, 3.05) is 0 Å². The molecule has 0 saturated carbocycles. The molecule has 0 amide bonds. The zero-order valence-electron chi connectivity index (χ0n) is 10.1. The van der Waals surface area contributed by atoms with Gasteiger partial charge >= 0.3 is 11.9 Å². The van der Waals surface area contributed by atoms with Gasteiger partial charge in [0.25, 0.3) is 5.78 Å². The fraction of sp³-hybridized carbons (Fsp3) is 0.167. The molecular formula is C12H12N2O6. The molecule has 106 valence electrons. The van der Waals surface area contributed by atoms with Crippen LogP contribution in [0.5, 0.6) is 0 Å². The van der Waals surface area contributed by atoms with Gasteiger partial charge < -0.3 is 21.1 Å². The van der Waals surface area contributed by atoms with E-state index in [1.54, 1.807) is 0 Å². The van der Waals surface area contributed by atoms with E-state index in [1.165, 1.54) is 0 Å². The van der Waals surface area contributed by atoms with Gasteiger partial charge in [0.1, 0.15) is 6.04 Å². The summed E-state index contributed by atoms with van der Waals surface area (Å²) in [6, 6.07) is 10.8. The second-order valence-corrected chi connectivity index (χ2v) is 3.43. The Hall–Kier alpha value is -2.76. The number of nitriles is 1. The van der Waals surface area contributed by atoms with E-state index < -0.39 is 29.9 Å². The summed E-state index contributed by atoms with van der Waals surface area (Å²) in [6.07, 6.45) is -2.46. The molecule has 0 spiro atoms. The molecule has 0 heterocycles. The van der Waals surface area contributed by atoms with E-state index in [2.05, 4.69) is 0 Å². The quantitative estimate of drug-likeness (QED) is 0.415. The van der Waals surface area contributed by atoms with Crippen molar-refractivity contribution in [1.82, 2.24) is 0 Å². The molecule has 2 unspecified atom stereocenters. The van der Waals surface area contributed by atoms with Crippen molar-refractivity contribution in [2.45, 2.75) is 12.1 Å². The summed E-state index contributed by atoms with van der Waals surface area (Å²) < 4.78 is 0. The first kappa shape index (κ1) is 17.2. The third-order valence-electron chi connectivity index (χ3n) is 1.99. The van der Waals surface area contributed by atoms with E-state index in [0.717, 1.165) is 5.56 Å². The maximum atomic E-state index is 10.1. The van der Waals surface area contributed by atoms with Crippen LogP contribution in [0, 0.1) is 11.3 Å². The smallest absolute Gasteiger partial charge is 0.375 e. The second kappa shape index (κ2) is 8.36. The van der Waals surface area contributed by atoms with E-state index in [1.807, 2.05) is 36.4 Å². The summed E-state index contributed by atoms with van der Waals surface area (Å²) in [7, 11) is 0. The number of carbonyl (C=O) groups is 3. The number of aliphatic hydroxyl groups excluding tert-OH is 1. The van der Waals surface area contributed by atoms with Gasteiger partial charge in [0, 0.05) is 0 Å². The number of carboxylic acid groups (broad SMARTS) is 2. The minimum absolute atomic E-state index is 0.485. The minimum Gasteiger partial charge on any atom is -0.479 e. The molecule has 0 saturated heterocycles. The molecule has 1 rings (SSSR count). The van der Waals surface area contributed by atoms with Gasteiger partial charge in [-0.1, -0.05) is 30.3 Å². The highest BCUT2D eigenvalue weighted by Gasteiger charge is 2.28. The Balaban J connectivity index is 0.000000361. The Kier molecular flexibility index (Phi) is 7.21. The zero-order valence-corrected chi connectivity index (χ0v) is 10.1. The van der Waals surface area contributed by atoms with Crippen LogP contribution < -0.4 is 5.73 Å². The fourth-order valence-electron chi connectivity index (χ4n) is 0.964. The zero-order chi connectivity index (χ0) is 15.7. The number of ketones is 1. The van der Waals surface area contributed by atoms with Crippen LogP contribution in [0.15, 0.2) is 30.3 Å². The lowest BCUT2D eigenvalue weighted by molar-refractivity contribution is -0.161. The average molecular weight is 280 g/mol. The first-order chi connectivity index (χ1) is 9.31. The molecule has 0 aliphatic rings. The van der Waals surface area contributed by atoms with Crippen LogP contribution in [0.4, 0.5) is 0 Å². The van der Waals surface area contributed by atoms with Crippen LogP contribution in [0.1, 0.15) is 11.6 Å². The van der Waals surface area contributed by atoms with Crippen molar-refractivity contribution < 1.29 is 29.7 Å². The SMILES string of the molecule is N#CC(N)c1ccccc1.O=C(O)C(=O)C(O)C(=O)O. The molecule has 8 heteroatoms. The first-order valence-corrected chi connectivity index (χ1v) is 5.19. The lowest BCUT2D eigenvalue weighted by Gasteiger charge is -1.99. The van der Waals surface area contributed by atoms with E-state index in [0.29, 0.717) is 0 Å². The Morgan fingerprint density at radius 1 is 1.15 bits per heavy atom. The van der Waals surface area contributed by atoms with Gasteiger partial charge in [-0.3, -0.25) is 4.79 Å². The molecule has 0 fully saturated rings. The van der Waals surface area contributed by atoms with Gasteiger partial charge in [0.2, 0.25) is 6.10 Å². The summed E-state index contributed by atoms with van der Waals surface area (Å²) in [5.41, 5.74) is 6.30. The van der Waals surface area contributed by atoms with E-state index in [-0.39, 0.29) is 0 Å². The number of carbonyl (C=O) groups excluding carboxylic acids is 1. The number of nitrogens with zero attached hydrogens (tertiary/aromatic N) is 1. The molecule has 1 aromatic carbocycles. The molecular weight excluding hydrogens is 268 g/mol. The Morgan fingerprint density at radius 2 is 1.65 bits per heavy atom. The number of benzene rings is 1. The molecule has 0 aromatic heterocycles. The monoisotopic (exact) mass is 280 g/mol. The summed E-state index contributed by atoms with van der Waals surface area (Å²) in [4.78, 5) is 29.4. The van der Waals surface area contributed by atoms with Crippen LogP contribution in [-0.2, 0) is 14.4 Å². The summed E-state index contributed by atoms with van der Waals surface area (Å²) >= 11 is 0. The lowest BCUT2D eigenvalue weighted by atomic mass is 10.1. The van der Waals surface area contributed by atoms with Crippen molar-refractivity contribution >= 4 is 17.7 Å². The number of aliphatic carboxylic acids is 2. The maximum Gasteiger partial charge on any atom is 0.375 e. The Morgan fingerprint density at radius 3 is 1.95 bits per heavy atom. The number of hydrogen-bond acceptors (Lipinski definition) is 6. The summed E-state index contributed by atoms with van der Waals surface area (Å²) in [5.74, 6) is -5.57. The number of rotatable bonds is 4. The molecule has 20 heavy (non-hydrogen) atoms. The highest BCUT2D eigenvalue weighted by Crippen LogP contribution is 2.06. The summed E-state index contributed by atoms with van der Waals surface area (Å²) in [6.45, 7) is 0. The number of Topliss-reactive ketones (excluding diaryl/α,β-unsaturated/α-hetero) is 1. The number of hydrogen-bond donors (Lipinski definition) is 4. The normalized spacial score (nSPS) is 12.1. The third-order valence-corrected chi connectivity index (χ3v) is 1.99. The molecule has 0 aliphatic carbocycles. The molecule has 0 radical (unpaired) electrons. The topological polar surface area (TPSA) is 162 Å². The maximum absolute atomic E-state index is 10.1. The predicted molar refractivity (Wildman–Crippen MR) is 65.3 cm³/mol. The first-order valence-electron chi connectivity index (χ1n) is 5.19. The minimum atomic E-state index is -2.46. The number of carboxylic acids is 2. The molecule has 5 N–H and O–H groups in total. The number of aliphatic hydroxyl groups is 1. The lowest BCUT2D eigenvalue weighted by Crippen LogP contribution is -2.34. The van der Waals surface area contributed by atoms with E-state index in [9.17, 15) is 14.4 Å². The van der Waals surface area contributed by atoms with Gasteiger partial charge in [-0.2, -0.15) is 5.26 Å². The molecule has 2 atom stereocenters. The third kappa shape index (κ3) is 5.72. The Bertz CT molecular complexity index is 522. The van der Waals surface area contributed by atoms with Crippen molar-refractivity contribution in [2.24, 2.45) is 5.73 Å². The fourth-order valence-corrected chi connectivity index (χ4v) is 0.964. The van der Waals surface area contributed by atoms with Crippen molar-refractivity contribution in [3.63, 3.8) is 0 Å². The van der Waals surface area contributed by atoms with Gasteiger partial charge in [0.15, 0.2) is 0 Å². The van der Waals surface area contributed by atoms with Gasteiger partial charge in [0.05, 0.1) is 6.07 Å². The van der Waals surface area contributed by atoms with Crippen LogP contribution in [-0.4, -0.2) is 39.1 Å². The van der Waals surface area contributed by atoms with E-state index in [4.69, 9.17) is 26.3 Å². The number of nitrogens with two attached hydrogens (primary N) is 1. The molecule has 8 nitrogen and oxygen atoms in total. The van der Waals surface area contributed by atoms with Gasteiger partial charge in [-0.25, -0.2) is 9.59 Å². The summed E-state index contributed by atoms with van der Waals surface area (Å²) in [5, 5.41) is 32.3. The Labute approximate surface area is 113 Å².